The van der Waals surface area contributed by atoms with E-state index < -0.39 is 0 Å². The number of nitrogens with zero attached hydrogens (tertiary/aromatic N) is 7. The molecule has 7 nitrogen and oxygen atoms in total. The summed E-state index contributed by atoms with van der Waals surface area (Å²) >= 11 is 0. The molecule has 6 heterocycles. The van der Waals surface area contributed by atoms with Crippen molar-refractivity contribution in [1.29, 1.82) is 0 Å². The number of benzene rings is 20. The van der Waals surface area contributed by atoms with Crippen LogP contribution in [-0.2, 0) is 0 Å². The summed E-state index contributed by atoms with van der Waals surface area (Å²) < 4.78 is 0. The molecule has 0 aliphatic carbocycles. The maximum atomic E-state index is 5.03. The molecule has 0 fully saturated rings. The minimum absolute atomic E-state index is 0.740. The first-order valence-electron chi connectivity index (χ1n) is 48.1. The van der Waals surface area contributed by atoms with Gasteiger partial charge in [0.1, 0.15) is 0 Å². The Morgan fingerprint density at radius 3 is 0.676 bits per heavy atom. The van der Waals surface area contributed by atoms with E-state index in [1.807, 2.05) is 91.5 Å². The van der Waals surface area contributed by atoms with Crippen LogP contribution in [0.25, 0.3) is 254 Å². The topological polar surface area (TPSA) is 90.2 Å². The van der Waals surface area contributed by atoms with Crippen LogP contribution in [0.3, 0.4) is 0 Å². The Hall–Kier alpha value is -19.0. The van der Waals surface area contributed by atoms with Crippen molar-refractivity contribution in [3.8, 4) is 179 Å². The van der Waals surface area contributed by atoms with E-state index in [9.17, 15) is 0 Å². The number of rotatable bonds is 16. The van der Waals surface area contributed by atoms with Crippen LogP contribution in [-0.4, -0.2) is 34.9 Å². The summed E-state index contributed by atoms with van der Waals surface area (Å²) in [5, 5.41) is 17.4. The molecular weight excluding hydrogens is 1720 g/mol. The van der Waals surface area contributed by atoms with Gasteiger partial charge in [-0.2, -0.15) is 0 Å². The minimum Gasteiger partial charge on any atom is -0.256 e. The summed E-state index contributed by atoms with van der Waals surface area (Å²) in [7, 11) is 0. The summed E-state index contributed by atoms with van der Waals surface area (Å²) in [6.07, 6.45) is 10.9. The molecule has 7 heteroatoms. The van der Waals surface area contributed by atoms with E-state index in [4.69, 9.17) is 4.98 Å². The fourth-order valence-corrected chi connectivity index (χ4v) is 20.6. The van der Waals surface area contributed by atoms with Gasteiger partial charge in [0.2, 0.25) is 0 Å². The lowest BCUT2D eigenvalue weighted by atomic mass is 9.84. The van der Waals surface area contributed by atoms with Crippen LogP contribution in [0.15, 0.2) is 541 Å². The van der Waals surface area contributed by atoms with Crippen LogP contribution in [0.4, 0.5) is 0 Å². The molecule has 0 amide bonds. The molecule has 0 aliphatic heterocycles. The lowest BCUT2D eigenvalue weighted by Crippen LogP contribution is -1.95. The normalized spacial score (nSPS) is 11.2. The van der Waals surface area contributed by atoms with Crippen molar-refractivity contribution >= 4 is 75.4 Å². The molecule has 26 rings (SSSR count). The maximum Gasteiger partial charge on any atom is 0.159 e. The van der Waals surface area contributed by atoms with Crippen molar-refractivity contribution in [2.24, 2.45) is 0 Å². The largest absolute Gasteiger partial charge is 0.256 e. The van der Waals surface area contributed by atoms with E-state index in [0.717, 1.165) is 78.9 Å². The molecule has 664 valence electrons. The smallest absolute Gasteiger partial charge is 0.159 e. The van der Waals surface area contributed by atoms with Gasteiger partial charge in [-0.3, -0.25) is 19.9 Å². The van der Waals surface area contributed by atoms with Gasteiger partial charge in [0.25, 0.3) is 0 Å². The lowest BCUT2D eigenvalue weighted by Gasteiger charge is -2.19. The zero-order valence-corrected chi connectivity index (χ0v) is 77.5. The molecule has 142 heavy (non-hydrogen) atoms. The molecule has 6 aromatic heterocycles. The predicted octanol–water partition coefficient (Wildman–Crippen LogP) is 35.6. The first-order valence-corrected chi connectivity index (χ1v) is 48.1. The highest BCUT2D eigenvalue weighted by molar-refractivity contribution is 6.25. The van der Waals surface area contributed by atoms with Crippen molar-refractivity contribution in [3.05, 3.63) is 541 Å². The molecule has 26 aromatic rings. The zero-order valence-electron chi connectivity index (χ0n) is 77.5. The molecular formula is C135H89N7. The molecule has 20 aromatic carbocycles. The van der Waals surface area contributed by atoms with Crippen LogP contribution in [0, 0.1) is 0 Å². The van der Waals surface area contributed by atoms with E-state index >= 15 is 0 Å². The van der Waals surface area contributed by atoms with Crippen molar-refractivity contribution in [3.63, 3.8) is 0 Å². The second kappa shape index (κ2) is 38.7. The van der Waals surface area contributed by atoms with Crippen molar-refractivity contribution in [2.45, 2.75) is 0 Å². The Balaban J connectivity index is 0.000000116. The van der Waals surface area contributed by atoms with Gasteiger partial charge in [-0.15, -0.1) is 0 Å². The molecule has 0 bridgehead atoms. The first-order chi connectivity index (χ1) is 70.5. The van der Waals surface area contributed by atoms with E-state index in [2.05, 4.69) is 467 Å². The third-order valence-corrected chi connectivity index (χ3v) is 27.1. The Bertz CT molecular complexity index is 8990. The van der Waals surface area contributed by atoms with Gasteiger partial charge >= 0.3 is 0 Å². The average Bonchev–Trinajstić information content (AvgIpc) is 0.805. The Labute approximate surface area is 824 Å². The molecule has 0 unspecified atom stereocenters. The minimum atomic E-state index is 0.740. The average molecular weight is 1810 g/mol. The number of hydrogen-bond acceptors (Lipinski definition) is 7. The number of pyridine rings is 5. The summed E-state index contributed by atoms with van der Waals surface area (Å²) in [6.45, 7) is 0. The van der Waals surface area contributed by atoms with E-state index in [1.54, 1.807) is 12.4 Å². The van der Waals surface area contributed by atoms with Crippen molar-refractivity contribution < 1.29 is 0 Å². The fourth-order valence-electron chi connectivity index (χ4n) is 20.6. The molecule has 0 radical (unpaired) electrons. The standard InChI is InChI=1S/C51H33N3.2C42H28N2/c1-3-15-34(16-4-1)50-42-21-9-10-22-43(42)51(35-17-5-2-6-18-35)45-31-36(25-26-44(45)50)38-27-28-39(41-20-8-7-19-40(38)41)37-32-48(46-23-11-13-29-52-46)54-49(33-37)47-24-12-14-30-53-47;1-3-13-29(14-4-1)41-35-17-7-8-18-36(35)42(30-15-5-2-6-16-30)38-28-31(21-22-37(38)41)32-25-33(39-19-9-11-23-43-39)27-34(26-32)40-20-10-12-24-44-40;1-3-10-32(11-4-1)40-36-14-7-8-15-37(36)41(33-12-5-2-6-13-33)39-28-35(24-25-38(39)40)31-18-16-29(17-19-31)30-20-22-34(23-21-30)42-43-26-9-27-44-42/h1-33H;2*1-28H. The second-order valence-electron chi connectivity index (χ2n) is 35.6. The number of aromatic nitrogens is 7. The lowest BCUT2D eigenvalue weighted by molar-refractivity contribution is 1.18. The van der Waals surface area contributed by atoms with E-state index in [0.29, 0.717) is 0 Å². The molecule has 0 spiro atoms. The predicted molar refractivity (Wildman–Crippen MR) is 593 cm³/mol. The summed E-state index contributed by atoms with van der Waals surface area (Å²) in [6, 6.07) is 179. The molecule has 0 aliphatic rings. The fraction of sp³-hybridized carbons (Fsp3) is 0. The Morgan fingerprint density at radius 2 is 0.345 bits per heavy atom. The zero-order chi connectivity index (χ0) is 94.4. The van der Waals surface area contributed by atoms with Gasteiger partial charge in [-0.25, -0.2) is 15.0 Å². The van der Waals surface area contributed by atoms with Gasteiger partial charge in [-0.05, 0) is 301 Å². The van der Waals surface area contributed by atoms with Crippen molar-refractivity contribution in [1.82, 2.24) is 34.9 Å². The summed E-state index contributed by atoms with van der Waals surface area (Å²) in [5.41, 5.74) is 34.8. The highest BCUT2D eigenvalue weighted by Crippen LogP contribution is 2.51. The maximum absolute atomic E-state index is 5.03. The van der Waals surface area contributed by atoms with Crippen molar-refractivity contribution in [2.75, 3.05) is 0 Å². The van der Waals surface area contributed by atoms with Gasteiger partial charge < -0.3 is 0 Å². The van der Waals surface area contributed by atoms with Gasteiger partial charge in [0, 0.05) is 53.9 Å². The highest BCUT2D eigenvalue weighted by Gasteiger charge is 2.25. The van der Waals surface area contributed by atoms with Crippen LogP contribution in [0.2, 0.25) is 0 Å². The van der Waals surface area contributed by atoms with Crippen LogP contribution in [0.5, 0.6) is 0 Å². The molecule has 0 N–H and O–H groups in total. The summed E-state index contributed by atoms with van der Waals surface area (Å²) in [4.78, 5) is 32.4. The van der Waals surface area contributed by atoms with Crippen LogP contribution >= 0.6 is 0 Å². The number of hydrogen-bond donors (Lipinski definition) is 0. The Morgan fingerprint density at radius 1 is 0.106 bits per heavy atom. The molecule has 0 atom stereocenters. The first kappa shape index (κ1) is 85.9. The van der Waals surface area contributed by atoms with Crippen LogP contribution in [0.1, 0.15) is 0 Å². The quantitative estimate of drug-likeness (QED) is 0.0890. The third-order valence-electron chi connectivity index (χ3n) is 27.1. The SMILES string of the molecule is c1ccc(-c2c3ccccc3c(-c3ccccc3)c3cc(-c4cc(-c5ccccn5)cc(-c5ccccn5)c4)ccc23)cc1.c1ccc(-c2c3ccccc3c(-c3ccccc3)c3cc(-c4ccc(-c5cc(-c6ccccn6)nc(-c6ccccn6)c5)c5ccccc45)ccc23)cc1.c1ccc(-c2c3ccccc3c(-c3ccccc3)c3cc(-c4ccc(-c5ccc(-c6ncccn6)cc5)cc4)ccc23)cc1. The van der Waals surface area contributed by atoms with E-state index in [-0.39, 0.29) is 0 Å². The highest BCUT2D eigenvalue weighted by atomic mass is 14.9. The third kappa shape index (κ3) is 16.9. The number of fused-ring (bicyclic) bond motifs is 7. The van der Waals surface area contributed by atoms with Gasteiger partial charge in [0.15, 0.2) is 5.82 Å². The molecule has 0 saturated carbocycles. The monoisotopic (exact) mass is 1810 g/mol. The Kier molecular flexibility index (Phi) is 23.4. The van der Waals surface area contributed by atoms with Gasteiger partial charge in [0.05, 0.1) is 34.2 Å². The van der Waals surface area contributed by atoms with E-state index in [1.165, 1.54) is 176 Å². The summed E-state index contributed by atoms with van der Waals surface area (Å²) in [5.74, 6) is 0.740. The van der Waals surface area contributed by atoms with Gasteiger partial charge in [-0.1, -0.05) is 400 Å². The molecule has 0 saturated heterocycles. The van der Waals surface area contributed by atoms with Crippen LogP contribution < -0.4 is 0 Å². The second-order valence-corrected chi connectivity index (χ2v) is 35.6.